The molecule has 0 spiro atoms. The lowest BCUT2D eigenvalue weighted by atomic mass is 10.1. The van der Waals surface area contributed by atoms with E-state index in [9.17, 15) is 0 Å². The van der Waals surface area contributed by atoms with Gasteiger partial charge in [-0.05, 0) is 24.1 Å². The number of nitrogens with one attached hydrogen (secondary N) is 1. The summed E-state index contributed by atoms with van der Waals surface area (Å²) < 4.78 is 0. The zero-order chi connectivity index (χ0) is 11.8. The van der Waals surface area contributed by atoms with E-state index in [4.69, 9.17) is 10.8 Å². The van der Waals surface area contributed by atoms with Gasteiger partial charge in [-0.3, -0.25) is 0 Å². The summed E-state index contributed by atoms with van der Waals surface area (Å²) in [6.07, 6.45) is 2.16. The lowest BCUT2D eigenvalue weighted by molar-refractivity contribution is 0.834. The van der Waals surface area contributed by atoms with Crippen LogP contribution in [0.4, 0.5) is 11.4 Å². The number of hydrogen-bond donors (Lipinski definition) is 1. The van der Waals surface area contributed by atoms with Crippen molar-refractivity contribution in [3.63, 3.8) is 0 Å². The third-order valence-corrected chi connectivity index (χ3v) is 2.13. The summed E-state index contributed by atoms with van der Waals surface area (Å²) in [4.78, 5) is 2.68. The van der Waals surface area contributed by atoms with Gasteiger partial charge < -0.3 is 5.32 Å². The molecule has 0 aliphatic heterocycles. The lowest BCUT2D eigenvalue weighted by Gasteiger charge is -2.07. The number of rotatable bonds is 5. The maximum Gasteiger partial charge on any atom is 0.101 e. The first-order valence-electron chi connectivity index (χ1n) is 5.15. The molecule has 0 atom stereocenters. The number of benzene rings is 1. The van der Waals surface area contributed by atoms with Crippen LogP contribution in [0.3, 0.4) is 0 Å². The monoisotopic (exact) mass is 215 g/mol. The second kappa shape index (κ2) is 6.33. The van der Waals surface area contributed by atoms with Crippen molar-refractivity contribution in [2.24, 2.45) is 5.11 Å². The van der Waals surface area contributed by atoms with E-state index < -0.39 is 0 Å². The molecule has 0 saturated carbocycles. The van der Waals surface area contributed by atoms with E-state index in [0.717, 1.165) is 25.1 Å². The number of nitriles is 1. The highest BCUT2D eigenvalue weighted by molar-refractivity contribution is 5.62. The minimum Gasteiger partial charge on any atom is -0.384 e. The van der Waals surface area contributed by atoms with Crippen molar-refractivity contribution in [2.75, 3.05) is 11.9 Å². The molecule has 0 radical (unpaired) electrons. The molecule has 0 aromatic heterocycles. The fraction of sp³-hybridized carbons (Fsp3) is 0.364. The molecule has 5 nitrogen and oxygen atoms in total. The molecule has 0 saturated heterocycles. The van der Waals surface area contributed by atoms with E-state index in [1.807, 2.05) is 0 Å². The second-order valence-electron chi connectivity index (χ2n) is 3.31. The van der Waals surface area contributed by atoms with Gasteiger partial charge in [0.05, 0.1) is 11.3 Å². The maximum atomic E-state index is 8.94. The van der Waals surface area contributed by atoms with Gasteiger partial charge in [-0.2, -0.15) is 5.26 Å². The zero-order valence-electron chi connectivity index (χ0n) is 9.14. The van der Waals surface area contributed by atoms with Gasteiger partial charge in [0.1, 0.15) is 6.07 Å². The van der Waals surface area contributed by atoms with Crippen LogP contribution < -0.4 is 5.32 Å². The highest BCUT2D eigenvalue weighted by Crippen LogP contribution is 2.21. The molecule has 16 heavy (non-hydrogen) atoms. The summed E-state index contributed by atoms with van der Waals surface area (Å²) in [5, 5.41) is 15.6. The second-order valence-corrected chi connectivity index (χ2v) is 3.31. The van der Waals surface area contributed by atoms with Crippen molar-refractivity contribution < 1.29 is 0 Å². The van der Waals surface area contributed by atoms with Crippen LogP contribution in [0.5, 0.6) is 0 Å². The third kappa shape index (κ3) is 3.19. The largest absolute Gasteiger partial charge is 0.384 e. The van der Waals surface area contributed by atoms with Gasteiger partial charge in [0, 0.05) is 17.1 Å². The van der Waals surface area contributed by atoms with Crippen LogP contribution in [0.15, 0.2) is 23.3 Å². The van der Waals surface area contributed by atoms with Crippen molar-refractivity contribution >= 4 is 11.4 Å². The third-order valence-electron chi connectivity index (χ3n) is 2.13. The normalized spacial score (nSPS) is 9.00. The molecule has 82 valence electrons. The zero-order valence-corrected chi connectivity index (χ0v) is 9.14. The molecule has 0 aliphatic carbocycles. The van der Waals surface area contributed by atoms with Crippen molar-refractivity contribution in [2.45, 2.75) is 19.8 Å². The molecule has 0 heterocycles. The van der Waals surface area contributed by atoms with E-state index in [2.05, 4.69) is 28.3 Å². The number of anilines is 1. The molecule has 1 N–H and O–H groups in total. The standard InChI is InChI=1S/C11H13N5/c1-2-3-6-14-11-5-4-10(15-16-13)7-9(11)8-12/h4-5,7,14H,2-3,6H2,1H3. The average Bonchev–Trinajstić information content (AvgIpc) is 2.31. The van der Waals surface area contributed by atoms with Gasteiger partial charge in [0.25, 0.3) is 0 Å². The van der Waals surface area contributed by atoms with Gasteiger partial charge >= 0.3 is 0 Å². The molecule has 0 fully saturated rings. The van der Waals surface area contributed by atoms with Gasteiger partial charge in [-0.25, -0.2) is 0 Å². The Morgan fingerprint density at radius 3 is 3.00 bits per heavy atom. The van der Waals surface area contributed by atoms with Crippen LogP contribution in [0, 0.1) is 11.3 Å². The predicted molar refractivity (Wildman–Crippen MR) is 63.4 cm³/mol. The van der Waals surface area contributed by atoms with Crippen molar-refractivity contribution in [1.29, 1.82) is 5.26 Å². The molecule has 5 heteroatoms. The summed E-state index contributed by atoms with van der Waals surface area (Å²) in [7, 11) is 0. The average molecular weight is 215 g/mol. The molecule has 0 aliphatic rings. The topological polar surface area (TPSA) is 84.6 Å². The first kappa shape index (κ1) is 11.9. The molecule has 1 aromatic rings. The summed E-state index contributed by atoms with van der Waals surface area (Å²) in [5.41, 5.74) is 10.0. The van der Waals surface area contributed by atoms with Crippen LogP contribution in [-0.4, -0.2) is 6.54 Å². The molecule has 0 amide bonds. The van der Waals surface area contributed by atoms with Crippen LogP contribution in [0.1, 0.15) is 25.3 Å². The SMILES string of the molecule is CCCCNc1ccc(N=[N+]=[N-])cc1C#N. The minimum atomic E-state index is 0.458. The molecule has 0 unspecified atom stereocenters. The number of unbranched alkanes of at least 4 members (excludes halogenated alkanes) is 1. The molecule has 0 bridgehead atoms. The molecular formula is C11H13N5. The summed E-state index contributed by atoms with van der Waals surface area (Å²) in [6, 6.07) is 7.10. The van der Waals surface area contributed by atoms with Gasteiger partial charge in [-0.1, -0.05) is 24.5 Å². The fourth-order valence-electron chi connectivity index (χ4n) is 1.29. The first-order valence-corrected chi connectivity index (χ1v) is 5.15. The summed E-state index contributed by atoms with van der Waals surface area (Å²) in [6.45, 7) is 2.95. The first-order chi connectivity index (χ1) is 7.81. The van der Waals surface area contributed by atoms with E-state index in [1.54, 1.807) is 18.2 Å². The van der Waals surface area contributed by atoms with E-state index in [1.165, 1.54) is 0 Å². The Hall–Kier alpha value is -2.18. The Morgan fingerprint density at radius 1 is 1.56 bits per heavy atom. The predicted octanol–water partition coefficient (Wildman–Crippen LogP) is 3.71. The highest BCUT2D eigenvalue weighted by atomic mass is 15.1. The van der Waals surface area contributed by atoms with Gasteiger partial charge in [0.15, 0.2) is 0 Å². The quantitative estimate of drug-likeness (QED) is 0.351. The summed E-state index contributed by atoms with van der Waals surface area (Å²) in [5.74, 6) is 0. The highest BCUT2D eigenvalue weighted by Gasteiger charge is 2.01. The lowest BCUT2D eigenvalue weighted by Crippen LogP contribution is -2.02. The Labute approximate surface area is 94.3 Å². The van der Waals surface area contributed by atoms with E-state index in [0.29, 0.717) is 11.3 Å². The van der Waals surface area contributed by atoms with Crippen LogP contribution in [0.2, 0.25) is 0 Å². The van der Waals surface area contributed by atoms with E-state index in [-0.39, 0.29) is 0 Å². The smallest absolute Gasteiger partial charge is 0.101 e. The molecular weight excluding hydrogens is 202 g/mol. The van der Waals surface area contributed by atoms with Crippen LogP contribution >= 0.6 is 0 Å². The van der Waals surface area contributed by atoms with Crippen LogP contribution in [-0.2, 0) is 0 Å². The van der Waals surface area contributed by atoms with Crippen molar-refractivity contribution in [3.8, 4) is 6.07 Å². The summed E-state index contributed by atoms with van der Waals surface area (Å²) >= 11 is 0. The Bertz CT molecular complexity index is 440. The Balaban J connectivity index is 2.85. The molecule has 1 aromatic carbocycles. The number of azide groups is 1. The van der Waals surface area contributed by atoms with E-state index >= 15 is 0 Å². The maximum absolute atomic E-state index is 8.94. The minimum absolute atomic E-state index is 0.458. The number of nitrogens with zero attached hydrogens (tertiary/aromatic N) is 4. The van der Waals surface area contributed by atoms with Gasteiger partial charge in [0.2, 0.25) is 0 Å². The van der Waals surface area contributed by atoms with Crippen molar-refractivity contribution in [1.82, 2.24) is 0 Å². The molecule has 1 rings (SSSR count). The fourth-order valence-corrected chi connectivity index (χ4v) is 1.29. The van der Waals surface area contributed by atoms with Crippen molar-refractivity contribution in [3.05, 3.63) is 34.2 Å². The van der Waals surface area contributed by atoms with Crippen LogP contribution in [0.25, 0.3) is 10.4 Å². The van der Waals surface area contributed by atoms with Gasteiger partial charge in [-0.15, -0.1) is 0 Å². The Morgan fingerprint density at radius 2 is 2.38 bits per heavy atom. The Kier molecular flexibility index (Phi) is 4.71. The number of hydrogen-bond acceptors (Lipinski definition) is 3.